The summed E-state index contributed by atoms with van der Waals surface area (Å²) in [7, 11) is 11.8. The molecular formula is C97H99BrClF4N15O16Sn. The molecule has 3 aliphatic heterocycles. The molecule has 13 aromatic rings. The van der Waals surface area contributed by atoms with Crippen molar-refractivity contribution in [2.75, 3.05) is 88.5 Å². The molecule has 0 atom stereocenters. The van der Waals surface area contributed by atoms with E-state index in [1.807, 2.05) is 31.9 Å². The van der Waals surface area contributed by atoms with Crippen molar-refractivity contribution in [1.82, 2.24) is 73.7 Å². The monoisotopic (exact) mass is 2040 g/mol. The Bertz CT molecular complexity index is 6460. The van der Waals surface area contributed by atoms with Gasteiger partial charge in [-0.05, 0) is 133 Å². The van der Waals surface area contributed by atoms with E-state index in [1.165, 1.54) is 159 Å². The molecule has 3 aliphatic rings. The van der Waals surface area contributed by atoms with E-state index >= 15 is 0 Å². The Morgan fingerprint density at radius 1 is 0.393 bits per heavy atom. The number of nitrogens with zero attached hydrogens (tertiary/aromatic N) is 14. The Morgan fingerprint density at radius 2 is 0.733 bits per heavy atom. The van der Waals surface area contributed by atoms with E-state index in [9.17, 15) is 46.3 Å². The second kappa shape index (κ2) is 47.7. The number of methoxy groups -OCH3 is 6. The van der Waals surface area contributed by atoms with Crippen molar-refractivity contribution in [1.29, 1.82) is 0 Å². The van der Waals surface area contributed by atoms with Crippen molar-refractivity contribution in [2.24, 2.45) is 0 Å². The van der Waals surface area contributed by atoms with Gasteiger partial charge in [0.25, 0.3) is 35.4 Å². The van der Waals surface area contributed by atoms with Gasteiger partial charge in [0.15, 0.2) is 0 Å². The minimum atomic E-state index is -2.54. The van der Waals surface area contributed by atoms with Crippen LogP contribution in [0.3, 0.4) is 0 Å². The van der Waals surface area contributed by atoms with Gasteiger partial charge in [0.1, 0.15) is 88.1 Å². The van der Waals surface area contributed by atoms with Gasteiger partial charge in [0, 0.05) is 102 Å². The molecule has 0 radical (unpaired) electrons. The zero-order chi connectivity index (χ0) is 96.4. The third kappa shape index (κ3) is 24.0. The van der Waals surface area contributed by atoms with E-state index in [0.717, 1.165) is 15.1 Å². The first-order valence-electron chi connectivity index (χ1n) is 43.1. The van der Waals surface area contributed by atoms with E-state index in [2.05, 4.69) is 88.0 Å². The standard InChI is InChI=1S/C26H22FN5O5.C25H20FN5O5.C20H15ClFN3O3.C8H8BrFO.C6H7N2O2.3C4H9.Sn/c1-31-24(33)20(18-13-29-26(36-3)30-23(18)35-2)21(25(31)34)19-14-32(22-17(19)5-4-10-28-22)11-12-37-16-8-6-15(27)7-9-16;1-34-24-17(12-28-25(30-24)35-2)19-20(23(33)29-22(19)32)18-13-31(21-16(18)4-3-9-27-21)10-11-36-15-7-5-14(26)6-8-15;1-24-19(26)16(17(21)20(24)27)15-11-25(18-14(15)3-2-8-23-18)9-10-28-13-6-4-12(22)5-7-13;9-5-6-11-8-3-1-7(10)2-4-8;1-9-5-3-4-7-6(8-5)10-2;3*1-3-4-2;/h4-10,13-14H,11-12H2,1-3H3;3-9,12-13H,10-11H2,1-2H3,(H,29,32,33);2-8,11H,9-10H2,1H3;1-4H,5-6H2;3H,1-2H3;3*1,3-4H2,2H3;. The molecule has 9 aromatic heterocycles. The first-order chi connectivity index (χ1) is 65.4. The van der Waals surface area contributed by atoms with E-state index < -0.39 is 53.8 Å². The molecule has 16 rings (SSSR count). The molecule has 6 amide bonds. The number of pyridine rings is 3. The van der Waals surface area contributed by atoms with Crippen LogP contribution in [0.5, 0.6) is 58.7 Å². The average Bonchev–Trinajstić information content (AvgIpc) is 1.61. The number of alkyl halides is 1. The number of unbranched alkanes of at least 4 members (excludes halogenated alkanes) is 3. The maximum atomic E-state index is 13.4. The van der Waals surface area contributed by atoms with E-state index in [1.54, 1.807) is 118 Å². The van der Waals surface area contributed by atoms with Gasteiger partial charge in [-0.2, -0.15) is 9.97 Å². The molecule has 38 heteroatoms. The number of hydrogen-bond acceptors (Lipinski definition) is 25. The second-order valence-corrected chi connectivity index (χ2v) is 44.7. The molecule has 4 aromatic carbocycles. The van der Waals surface area contributed by atoms with Gasteiger partial charge in [-0.1, -0.05) is 27.5 Å². The number of imide groups is 3. The van der Waals surface area contributed by atoms with Crippen LogP contribution in [0, 0.1) is 23.3 Å². The van der Waals surface area contributed by atoms with Gasteiger partial charge in [-0.15, -0.1) is 0 Å². The van der Waals surface area contributed by atoms with E-state index in [4.69, 9.17) is 64.0 Å². The van der Waals surface area contributed by atoms with Gasteiger partial charge < -0.3 is 51.6 Å². The molecule has 0 spiro atoms. The summed E-state index contributed by atoms with van der Waals surface area (Å²) in [6.07, 6.45) is 20.7. The number of carbonyl (C=O) groups is 6. The molecule has 704 valence electrons. The average molecular weight is 2040 g/mol. The second-order valence-electron chi connectivity index (χ2n) is 30.5. The van der Waals surface area contributed by atoms with Crippen molar-refractivity contribution in [3.8, 4) is 58.7 Å². The molecule has 0 bridgehead atoms. The van der Waals surface area contributed by atoms with Crippen molar-refractivity contribution in [2.45, 2.75) is 92.2 Å². The molecule has 0 saturated heterocycles. The van der Waals surface area contributed by atoms with Crippen molar-refractivity contribution in [3.05, 3.63) is 245 Å². The molecular weight excluding hydrogens is 1940 g/mol. The number of nitrogens with one attached hydrogen (secondary N) is 1. The summed E-state index contributed by atoms with van der Waals surface area (Å²) in [6, 6.07) is 36.6. The number of likely N-dealkylation sites (N-methyl/N-ethyl adjacent to an activating group) is 2. The SMILES string of the molecule is CCC[CH2][Sn]([CH2]CCC)([CH2]CCC)[c]1cc(OC)nc(OC)n1.CN1C(=O)C(Cl)=C(c2cn(CCOc3ccc(F)cc3)c3ncccc23)C1=O.COc1ncc(C2=C(c3cn(CCOc4ccc(F)cc4)c4ncccc34)C(=O)N(C)C2=O)c(OC)n1.COc1ncc(C2=C(c3cn(CCOc4ccc(F)cc4)c4ncccc34)C(=O)NC2=O)c(OC)n1.Fc1ccc(OCCBr)cc1. The first-order valence-corrected chi connectivity index (χ1v) is 52.0. The van der Waals surface area contributed by atoms with Crippen LogP contribution >= 0.6 is 27.5 Å². The van der Waals surface area contributed by atoms with Gasteiger partial charge in [0.05, 0.1) is 93.7 Å². The number of aromatic nitrogens is 12. The van der Waals surface area contributed by atoms with Gasteiger partial charge in [0.2, 0.25) is 11.8 Å². The maximum Gasteiger partial charge on any atom is 0.319 e. The van der Waals surface area contributed by atoms with E-state index in [0.29, 0.717) is 118 Å². The van der Waals surface area contributed by atoms with Crippen LogP contribution in [0.25, 0.3) is 61.0 Å². The van der Waals surface area contributed by atoms with Gasteiger partial charge >= 0.3 is 158 Å². The molecule has 0 unspecified atom stereocenters. The Kier molecular flexibility index (Phi) is 35.3. The smallest absolute Gasteiger partial charge is 0.319 e. The molecule has 0 fully saturated rings. The fraction of sp³-hybridized carbons (Fsp3) is 0.289. The van der Waals surface area contributed by atoms with Crippen molar-refractivity contribution in [3.63, 3.8) is 0 Å². The summed E-state index contributed by atoms with van der Waals surface area (Å²) in [6.45, 7) is 9.53. The molecule has 31 nitrogen and oxygen atoms in total. The van der Waals surface area contributed by atoms with Gasteiger partial charge in [-0.3, -0.25) is 43.9 Å². The zero-order valence-electron chi connectivity index (χ0n) is 76.0. The summed E-state index contributed by atoms with van der Waals surface area (Å²) in [4.78, 5) is 118. The van der Waals surface area contributed by atoms with Crippen LogP contribution in [-0.2, 0) is 48.4 Å². The largest absolute Gasteiger partial charge is 0.493 e. The summed E-state index contributed by atoms with van der Waals surface area (Å²) in [5.74, 6) is -1.20. The van der Waals surface area contributed by atoms with Crippen LogP contribution in [0.4, 0.5) is 17.6 Å². The van der Waals surface area contributed by atoms with Crippen molar-refractivity contribution < 1.29 is 93.7 Å². The Balaban J connectivity index is 0.000000158. The first kappa shape index (κ1) is 100. The molecule has 12 heterocycles. The topological polar surface area (TPSA) is 344 Å². The maximum absolute atomic E-state index is 13.4. The summed E-state index contributed by atoms with van der Waals surface area (Å²) < 4.78 is 117. The van der Waals surface area contributed by atoms with Crippen LogP contribution < -0.4 is 56.4 Å². The van der Waals surface area contributed by atoms with Gasteiger partial charge in [-0.25, -0.2) is 42.5 Å². The van der Waals surface area contributed by atoms with E-state index in [-0.39, 0.29) is 104 Å². The summed E-state index contributed by atoms with van der Waals surface area (Å²) >= 11 is 6.82. The fourth-order valence-corrected chi connectivity index (χ4v) is 31.0. The zero-order valence-corrected chi connectivity index (χ0v) is 81.2. The number of carbonyl (C=O) groups excluding carboxylic acids is 6. The number of benzene rings is 4. The number of halogens is 6. The predicted molar refractivity (Wildman–Crippen MR) is 506 cm³/mol. The fourth-order valence-electron chi connectivity index (χ4n) is 15.2. The molecule has 0 saturated carbocycles. The minimum absolute atomic E-state index is 0.0597. The van der Waals surface area contributed by atoms with Crippen molar-refractivity contribution >= 4 is 146 Å². The minimum Gasteiger partial charge on any atom is -0.493 e. The number of amides is 6. The summed E-state index contributed by atoms with van der Waals surface area (Å²) in [5.41, 5.74) is 4.70. The number of rotatable bonds is 36. The number of hydrogen-bond donors (Lipinski definition) is 1. The quantitative estimate of drug-likeness (QED) is 0.0165. The summed E-state index contributed by atoms with van der Waals surface area (Å²) in [5, 5.41) is 5.11. The predicted octanol–water partition coefficient (Wildman–Crippen LogP) is 16.0. The van der Waals surface area contributed by atoms with Crippen LogP contribution in [-0.4, -0.2) is 211 Å². The van der Waals surface area contributed by atoms with Crippen LogP contribution in [0.2, 0.25) is 13.3 Å². The third-order valence-electron chi connectivity index (χ3n) is 22.0. The normalized spacial score (nSPS) is 13.0. The Morgan fingerprint density at radius 3 is 1.08 bits per heavy atom. The Hall–Kier alpha value is -13.9. The Labute approximate surface area is 792 Å². The molecule has 0 aliphatic carbocycles. The van der Waals surface area contributed by atoms with Crippen LogP contribution in [0.1, 0.15) is 87.1 Å². The number of fused-ring (bicyclic) bond motifs is 3. The molecule has 1 N–H and O–H groups in total. The van der Waals surface area contributed by atoms with Crippen LogP contribution in [0.15, 0.2) is 194 Å². The third-order valence-corrected chi connectivity index (χ3v) is 37.7. The number of ether oxygens (including phenoxy) is 10. The molecule has 135 heavy (non-hydrogen) atoms.